The largest absolute Gasteiger partial charge is 0.485 e. The standard InChI is InChI=1S/C27H21Cl3O5.H3N/c1-3-16-10-21-24(35-15(2)26(27(21)32)17-4-6-18(28)7-5-17)12-23(16)33-13-20(31)14-34-25-11-19(29)8-9-22(25)30;/h4-12H,3,13-14H2,1-2H3;1H3. The summed E-state index contributed by atoms with van der Waals surface area (Å²) in [5.41, 5.74) is 2.23. The number of aryl methyl sites for hydroxylation is 2. The first-order valence-corrected chi connectivity index (χ1v) is 12.0. The maximum Gasteiger partial charge on any atom is 0.207 e. The molecule has 0 fully saturated rings. The maximum absolute atomic E-state index is 13.3. The molecule has 6 nitrogen and oxygen atoms in total. The van der Waals surface area contributed by atoms with E-state index in [0.29, 0.717) is 55.3 Å². The summed E-state index contributed by atoms with van der Waals surface area (Å²) in [6, 6.07) is 15.2. The van der Waals surface area contributed by atoms with Crippen molar-refractivity contribution in [2.75, 3.05) is 13.2 Å². The molecule has 4 aromatic rings. The first kappa shape index (κ1) is 27.6. The van der Waals surface area contributed by atoms with Crippen molar-refractivity contribution in [3.05, 3.63) is 91.2 Å². The van der Waals surface area contributed by atoms with Crippen molar-refractivity contribution in [3.8, 4) is 22.6 Å². The lowest BCUT2D eigenvalue weighted by atomic mass is 10.0. The van der Waals surface area contributed by atoms with Crippen molar-refractivity contribution in [3.63, 3.8) is 0 Å². The van der Waals surface area contributed by atoms with E-state index in [-0.39, 0.29) is 30.6 Å². The molecule has 0 amide bonds. The van der Waals surface area contributed by atoms with E-state index in [1.807, 2.05) is 6.92 Å². The molecule has 1 heterocycles. The zero-order chi connectivity index (χ0) is 25.1. The predicted molar refractivity (Wildman–Crippen MR) is 145 cm³/mol. The van der Waals surface area contributed by atoms with Crippen LogP contribution in [0.1, 0.15) is 18.2 Å². The molecule has 9 heteroatoms. The topological polar surface area (TPSA) is 101 Å². The molecule has 4 rings (SSSR count). The highest BCUT2D eigenvalue weighted by atomic mass is 35.5. The van der Waals surface area contributed by atoms with E-state index >= 15 is 0 Å². The minimum absolute atomic E-state index is 0. The minimum atomic E-state index is -0.293. The number of hydrogen-bond donors (Lipinski definition) is 1. The van der Waals surface area contributed by atoms with Gasteiger partial charge >= 0.3 is 0 Å². The lowest BCUT2D eigenvalue weighted by Gasteiger charge is -2.13. The second-order valence-corrected chi connectivity index (χ2v) is 9.15. The van der Waals surface area contributed by atoms with Crippen LogP contribution in [0.2, 0.25) is 15.1 Å². The highest BCUT2D eigenvalue weighted by Gasteiger charge is 2.17. The van der Waals surface area contributed by atoms with Crippen molar-refractivity contribution in [1.82, 2.24) is 6.15 Å². The van der Waals surface area contributed by atoms with Crippen molar-refractivity contribution in [2.45, 2.75) is 20.3 Å². The van der Waals surface area contributed by atoms with Gasteiger partial charge in [0.1, 0.15) is 22.8 Å². The Morgan fingerprint density at radius 3 is 2.19 bits per heavy atom. The molecular weight excluding hydrogens is 525 g/mol. The number of fused-ring (bicyclic) bond motifs is 1. The molecule has 1 aromatic heterocycles. The molecule has 3 aromatic carbocycles. The molecule has 0 aliphatic carbocycles. The minimum Gasteiger partial charge on any atom is -0.485 e. The number of Topliss-reactive ketones (excluding diaryl/α,β-unsaturated/α-hetero) is 1. The zero-order valence-electron chi connectivity index (χ0n) is 19.7. The van der Waals surface area contributed by atoms with Gasteiger partial charge < -0.3 is 20.0 Å². The SMILES string of the molecule is CCc1cc2c(=O)c(-c3ccc(Cl)cc3)c(C)oc2cc1OCC(=O)COc1cc(Cl)ccc1Cl.N. The number of rotatable bonds is 8. The van der Waals surface area contributed by atoms with Crippen LogP contribution in [0.3, 0.4) is 0 Å². The highest BCUT2D eigenvalue weighted by Crippen LogP contribution is 2.30. The monoisotopic (exact) mass is 547 g/mol. The molecule has 0 unspecified atom stereocenters. The molecule has 0 atom stereocenters. The van der Waals surface area contributed by atoms with Crippen LogP contribution >= 0.6 is 34.8 Å². The number of carbonyl (C=O) groups excluding carboxylic acids is 1. The first-order chi connectivity index (χ1) is 16.8. The first-order valence-electron chi connectivity index (χ1n) is 10.9. The lowest BCUT2D eigenvalue weighted by Crippen LogP contribution is -2.19. The molecule has 0 radical (unpaired) electrons. The van der Waals surface area contributed by atoms with E-state index in [1.165, 1.54) is 0 Å². The number of hydrogen-bond acceptors (Lipinski definition) is 6. The fourth-order valence-electron chi connectivity index (χ4n) is 3.69. The number of ether oxygens (including phenoxy) is 2. The summed E-state index contributed by atoms with van der Waals surface area (Å²) >= 11 is 18.0. The Hall–Kier alpha value is -3.03. The van der Waals surface area contributed by atoms with E-state index in [2.05, 4.69) is 0 Å². The highest BCUT2D eigenvalue weighted by molar-refractivity contribution is 6.34. The van der Waals surface area contributed by atoms with Gasteiger partial charge in [0.2, 0.25) is 11.2 Å². The molecule has 0 spiro atoms. The van der Waals surface area contributed by atoms with Crippen LogP contribution in [0.25, 0.3) is 22.1 Å². The van der Waals surface area contributed by atoms with Crippen LogP contribution < -0.4 is 21.1 Å². The van der Waals surface area contributed by atoms with Gasteiger partial charge in [-0.25, -0.2) is 0 Å². The number of carbonyl (C=O) groups is 1. The van der Waals surface area contributed by atoms with Crippen molar-refractivity contribution in [2.24, 2.45) is 0 Å². The Balaban J connectivity index is 0.00000361. The number of ketones is 1. The van der Waals surface area contributed by atoms with Crippen molar-refractivity contribution < 1.29 is 18.7 Å². The van der Waals surface area contributed by atoms with Crippen LogP contribution in [0.4, 0.5) is 0 Å². The maximum atomic E-state index is 13.3. The molecule has 188 valence electrons. The van der Waals surface area contributed by atoms with E-state index in [4.69, 9.17) is 48.7 Å². The summed E-state index contributed by atoms with van der Waals surface area (Å²) in [7, 11) is 0. The van der Waals surface area contributed by atoms with Crippen LogP contribution in [-0.2, 0) is 11.2 Å². The Kier molecular flexibility index (Phi) is 9.03. The summed E-state index contributed by atoms with van der Waals surface area (Å²) in [5.74, 6) is 0.971. The van der Waals surface area contributed by atoms with E-state index in [0.717, 1.165) is 11.1 Å². The summed E-state index contributed by atoms with van der Waals surface area (Å²) in [5, 5.41) is 1.83. The Morgan fingerprint density at radius 2 is 1.53 bits per heavy atom. The molecule has 0 bridgehead atoms. The van der Waals surface area contributed by atoms with Gasteiger partial charge in [-0.05, 0) is 54.8 Å². The normalized spacial score (nSPS) is 10.7. The Bertz CT molecular complexity index is 1470. The molecule has 36 heavy (non-hydrogen) atoms. The van der Waals surface area contributed by atoms with Gasteiger partial charge in [-0.3, -0.25) is 9.59 Å². The fourth-order valence-corrected chi connectivity index (χ4v) is 4.15. The van der Waals surface area contributed by atoms with E-state index < -0.39 is 0 Å². The molecule has 3 N–H and O–H groups in total. The molecule has 0 aliphatic rings. The van der Waals surface area contributed by atoms with Gasteiger partial charge in [0.15, 0.2) is 13.2 Å². The summed E-state index contributed by atoms with van der Waals surface area (Å²) in [4.78, 5) is 25.7. The molecular formula is C27H24Cl3NO5. The second-order valence-electron chi connectivity index (χ2n) is 7.87. The second kappa shape index (κ2) is 11.8. The molecule has 0 saturated heterocycles. The van der Waals surface area contributed by atoms with Crippen LogP contribution in [0.5, 0.6) is 11.5 Å². The lowest BCUT2D eigenvalue weighted by molar-refractivity contribution is -0.123. The third-order valence-corrected chi connectivity index (χ3v) is 6.23. The average Bonchev–Trinajstić information content (AvgIpc) is 2.84. The third-order valence-electron chi connectivity index (χ3n) is 5.43. The fraction of sp³-hybridized carbons (Fsp3) is 0.185. The Morgan fingerprint density at radius 1 is 0.889 bits per heavy atom. The van der Waals surface area contributed by atoms with Gasteiger partial charge in [-0.2, -0.15) is 0 Å². The van der Waals surface area contributed by atoms with Gasteiger partial charge in [-0.1, -0.05) is 53.9 Å². The third kappa shape index (κ3) is 6.02. The van der Waals surface area contributed by atoms with Crippen LogP contribution in [0.15, 0.2) is 63.8 Å². The van der Waals surface area contributed by atoms with E-state index in [9.17, 15) is 9.59 Å². The van der Waals surface area contributed by atoms with Gasteiger partial charge in [0, 0.05) is 22.2 Å². The summed E-state index contributed by atoms with van der Waals surface area (Å²) in [6.45, 7) is 3.23. The van der Waals surface area contributed by atoms with Gasteiger partial charge in [-0.15, -0.1) is 0 Å². The number of benzene rings is 3. The van der Waals surface area contributed by atoms with E-state index in [1.54, 1.807) is 61.5 Å². The zero-order valence-corrected chi connectivity index (χ0v) is 22.0. The van der Waals surface area contributed by atoms with Gasteiger partial charge in [0.25, 0.3) is 0 Å². The number of halogens is 3. The van der Waals surface area contributed by atoms with Crippen molar-refractivity contribution >= 4 is 51.6 Å². The van der Waals surface area contributed by atoms with Gasteiger partial charge in [0.05, 0.1) is 16.0 Å². The molecule has 0 aliphatic heterocycles. The predicted octanol–water partition coefficient (Wildman–Crippen LogP) is 7.48. The summed E-state index contributed by atoms with van der Waals surface area (Å²) < 4.78 is 17.2. The quantitative estimate of drug-likeness (QED) is 0.245. The average molecular weight is 549 g/mol. The summed E-state index contributed by atoms with van der Waals surface area (Å²) in [6.07, 6.45) is 0.595. The Labute approximate surface area is 223 Å². The van der Waals surface area contributed by atoms with Crippen molar-refractivity contribution in [1.29, 1.82) is 0 Å². The van der Waals surface area contributed by atoms with Crippen LogP contribution in [-0.4, -0.2) is 19.0 Å². The smallest absolute Gasteiger partial charge is 0.207 e. The molecule has 0 saturated carbocycles. The van der Waals surface area contributed by atoms with Crippen LogP contribution in [0, 0.1) is 6.92 Å².